The van der Waals surface area contributed by atoms with Crippen molar-refractivity contribution in [1.82, 2.24) is 27.9 Å². The Balaban J connectivity index is 0.00000534. The summed E-state index contributed by atoms with van der Waals surface area (Å²) >= 11 is 0. The van der Waals surface area contributed by atoms with Crippen LogP contribution in [0.25, 0.3) is 153 Å². The van der Waals surface area contributed by atoms with Crippen molar-refractivity contribution in [3.63, 3.8) is 0 Å². The molecule has 7 nitrogen and oxygen atoms in total. The van der Waals surface area contributed by atoms with Crippen molar-refractivity contribution in [3.05, 3.63) is 267 Å². The Morgan fingerprint density at radius 3 is 0.927 bits per heavy atom. The molecule has 0 saturated carbocycles. The van der Waals surface area contributed by atoms with Crippen LogP contribution in [0.1, 0.15) is 0 Å². The molecule has 0 aliphatic heterocycles. The molecule has 0 N–H and O–H groups in total. The summed E-state index contributed by atoms with van der Waals surface area (Å²) in [6.07, 6.45) is 0. The quantitative estimate of drug-likeness (QED) is 0.165. The molecule has 0 aliphatic rings. The van der Waals surface area contributed by atoms with Gasteiger partial charge in [0.1, 0.15) is 11.6 Å². The van der Waals surface area contributed by atoms with E-state index in [2.05, 4.69) is 273 Å². The van der Waals surface area contributed by atoms with Gasteiger partial charge in [0, 0.05) is 65.6 Å². The average molecular weight is 1230 g/mol. The van der Waals surface area contributed by atoms with Crippen molar-refractivity contribution in [2.45, 2.75) is 0 Å². The van der Waals surface area contributed by atoms with Gasteiger partial charge < -0.3 is 22.7 Å². The van der Waals surface area contributed by atoms with Gasteiger partial charge in [-0.15, -0.1) is 35.0 Å². The van der Waals surface area contributed by atoms with Gasteiger partial charge in [-0.2, -0.15) is 12.1 Å². The van der Waals surface area contributed by atoms with E-state index in [9.17, 15) is 0 Å². The Kier molecular flexibility index (Phi) is 10.1. The second-order valence-corrected chi connectivity index (χ2v) is 21.0. The molecular formula is C74H42N6OPt. The summed E-state index contributed by atoms with van der Waals surface area (Å²) < 4.78 is 16.4. The fraction of sp³-hybridized carbons (Fsp3) is 0. The van der Waals surface area contributed by atoms with Gasteiger partial charge in [0.25, 0.3) is 0 Å². The van der Waals surface area contributed by atoms with Crippen LogP contribution in [-0.2, 0) is 21.1 Å². The van der Waals surface area contributed by atoms with Crippen LogP contribution in [0.4, 0.5) is 0 Å². The summed E-state index contributed by atoms with van der Waals surface area (Å²) in [6.45, 7) is 0. The molecular weight excluding hydrogens is 1180 g/mol. The van der Waals surface area contributed by atoms with E-state index in [-0.39, 0.29) is 21.1 Å². The van der Waals surface area contributed by atoms with Crippen molar-refractivity contribution < 1.29 is 25.8 Å². The van der Waals surface area contributed by atoms with Crippen LogP contribution in [0, 0.1) is 12.1 Å². The molecule has 18 rings (SSSR count). The molecule has 12 aromatic carbocycles. The number of nitrogens with zero attached hydrogens (tertiary/aromatic N) is 6. The van der Waals surface area contributed by atoms with E-state index >= 15 is 0 Å². The fourth-order valence-corrected chi connectivity index (χ4v) is 13.4. The largest absolute Gasteiger partial charge is 2.00 e. The Labute approximate surface area is 482 Å². The van der Waals surface area contributed by atoms with Gasteiger partial charge in [0.2, 0.25) is 0 Å². The van der Waals surface area contributed by atoms with E-state index in [0.29, 0.717) is 11.5 Å². The number of aromatic nitrogens is 6. The average Bonchev–Trinajstić information content (AvgIpc) is 3.99. The third kappa shape index (κ3) is 6.57. The van der Waals surface area contributed by atoms with Gasteiger partial charge in [-0.25, -0.2) is 9.97 Å². The van der Waals surface area contributed by atoms with Gasteiger partial charge in [0.15, 0.2) is 0 Å². The van der Waals surface area contributed by atoms with Crippen LogP contribution < -0.4 is 4.74 Å². The predicted molar refractivity (Wildman–Crippen MR) is 334 cm³/mol. The van der Waals surface area contributed by atoms with Gasteiger partial charge in [0.05, 0.1) is 44.1 Å². The molecule has 0 atom stereocenters. The number of hydrogen-bond acceptors (Lipinski definition) is 3. The second-order valence-electron chi connectivity index (χ2n) is 21.0. The Hall–Kier alpha value is -10.3. The third-order valence-electron chi connectivity index (χ3n) is 16.8. The van der Waals surface area contributed by atoms with Gasteiger partial charge in [-0.1, -0.05) is 193 Å². The zero-order valence-electron chi connectivity index (χ0n) is 43.7. The molecule has 18 aromatic rings. The smallest absolute Gasteiger partial charge is 0.509 e. The van der Waals surface area contributed by atoms with Gasteiger partial charge in [-0.3, -0.25) is 0 Å². The normalized spacial score (nSPS) is 12.0. The van der Waals surface area contributed by atoms with Gasteiger partial charge in [-0.05, 0) is 70.1 Å². The van der Waals surface area contributed by atoms with Crippen LogP contribution in [0.5, 0.6) is 11.5 Å². The van der Waals surface area contributed by atoms with E-state index in [1.54, 1.807) is 0 Å². The standard InChI is InChI=1S/C74H42N6O.Pt/c1-3-27-59-47(19-1)49-21-5-11-33-63(49)77-65-35-13-9-25-53(65)57-29-17-31-61(71(57)77)75-73(59)79-67-37-15-7-23-51(67)55-41-39-45(43-69(55)79)81-46-40-42-56-52-24-8-16-38-68(52)80(70(56)44-46)74-60-28-4-2-20-48(60)50-22-6-12-34-64(50)78-66-36-14-10-26-54(66)58-30-18-32-62(76-74)72(58)78;/h1-42H;/q-2;+2. The minimum absolute atomic E-state index is 0. The van der Waals surface area contributed by atoms with Gasteiger partial charge >= 0.3 is 21.1 Å². The SMILES string of the molecule is [Pt+2].[c-]1c(Oc2[c-]c3c(cc2)c2ccccc2n3-c2nc3cccc4c5ccccc5n(c5ccccc5c5ccccc25)c34)ccc2c3ccccc3n(-c3nc4cccc5c6ccccc6n(c6ccccc6c6ccccc36)c45)c12. The monoisotopic (exact) mass is 1230 g/mol. The van der Waals surface area contributed by atoms with Crippen LogP contribution in [-0.4, -0.2) is 27.9 Å². The number of hydrogen-bond donors (Lipinski definition) is 0. The number of fused-ring (bicyclic) bond motifs is 20. The molecule has 0 spiro atoms. The predicted octanol–water partition coefficient (Wildman–Crippen LogP) is 18.9. The minimum Gasteiger partial charge on any atom is -0.509 e. The molecule has 0 saturated heterocycles. The number of rotatable bonds is 4. The summed E-state index contributed by atoms with van der Waals surface area (Å²) in [5.74, 6) is 2.68. The minimum atomic E-state index is 0. The summed E-state index contributed by atoms with van der Waals surface area (Å²) in [4.78, 5) is 11.6. The fourth-order valence-electron chi connectivity index (χ4n) is 13.4. The maximum Gasteiger partial charge on any atom is 2.00 e. The molecule has 0 bridgehead atoms. The molecule has 0 aliphatic carbocycles. The molecule has 6 aromatic heterocycles. The molecule has 0 unspecified atom stereocenters. The van der Waals surface area contributed by atoms with E-state index < -0.39 is 0 Å². The number of ether oxygens (including phenoxy) is 1. The van der Waals surface area contributed by atoms with Crippen molar-refractivity contribution in [2.75, 3.05) is 0 Å². The number of para-hydroxylation sites is 8. The third-order valence-corrected chi connectivity index (χ3v) is 16.8. The first-order chi connectivity index (χ1) is 40.2. The van der Waals surface area contributed by atoms with Crippen LogP contribution in [0.3, 0.4) is 0 Å². The Morgan fingerprint density at radius 1 is 0.256 bits per heavy atom. The van der Waals surface area contributed by atoms with Crippen LogP contribution in [0.15, 0.2) is 255 Å². The second kappa shape index (κ2) is 17.8. The molecule has 0 radical (unpaired) electrons. The van der Waals surface area contributed by atoms with Crippen molar-refractivity contribution in [3.8, 4) is 23.1 Å². The summed E-state index contributed by atoms with van der Waals surface area (Å²) in [6, 6.07) is 98.3. The van der Waals surface area contributed by atoms with Crippen molar-refractivity contribution >= 4 is 142 Å². The van der Waals surface area contributed by atoms with Crippen molar-refractivity contribution in [2.24, 2.45) is 0 Å². The summed E-state index contributed by atoms with van der Waals surface area (Å²) in [5, 5.41) is 15.3. The number of benzene rings is 12. The molecule has 0 fully saturated rings. The summed E-state index contributed by atoms with van der Waals surface area (Å²) in [7, 11) is 0. The first kappa shape index (κ1) is 46.6. The van der Waals surface area contributed by atoms with Crippen molar-refractivity contribution in [1.29, 1.82) is 0 Å². The zero-order chi connectivity index (χ0) is 52.9. The molecule has 82 heavy (non-hydrogen) atoms. The van der Waals surface area contributed by atoms with E-state index in [0.717, 1.165) is 142 Å². The zero-order valence-corrected chi connectivity index (χ0v) is 45.9. The van der Waals surface area contributed by atoms with Crippen LogP contribution >= 0.6 is 0 Å². The summed E-state index contributed by atoms with van der Waals surface area (Å²) in [5.41, 5.74) is 12.1. The first-order valence-electron chi connectivity index (χ1n) is 27.4. The molecule has 6 heterocycles. The molecule has 0 amide bonds. The molecule has 8 heteroatoms. The maximum atomic E-state index is 7.06. The van der Waals surface area contributed by atoms with E-state index in [4.69, 9.17) is 14.7 Å². The van der Waals surface area contributed by atoms with E-state index in [1.165, 1.54) is 10.8 Å². The Morgan fingerprint density at radius 2 is 0.549 bits per heavy atom. The maximum absolute atomic E-state index is 7.06. The first-order valence-corrected chi connectivity index (χ1v) is 27.4. The Bertz CT molecular complexity index is 5490. The van der Waals surface area contributed by atoms with E-state index in [1.807, 2.05) is 12.1 Å². The molecule has 384 valence electrons. The van der Waals surface area contributed by atoms with Crippen LogP contribution in [0.2, 0.25) is 0 Å². The topological polar surface area (TPSA) is 53.7 Å².